The van der Waals surface area contributed by atoms with Crippen molar-refractivity contribution in [1.29, 1.82) is 0 Å². The van der Waals surface area contributed by atoms with Crippen LogP contribution in [0.15, 0.2) is 18.2 Å². The Morgan fingerprint density at radius 1 is 1.38 bits per heavy atom. The Labute approximate surface area is 125 Å². The molecular weight excluding hydrogens is 264 g/mol. The lowest BCUT2D eigenvalue weighted by Crippen LogP contribution is -2.35. The normalized spacial score (nSPS) is 23.7. The molecule has 4 heteroatoms. The number of amides is 2. The smallest absolute Gasteiger partial charge is 0.321 e. The van der Waals surface area contributed by atoms with Crippen molar-refractivity contribution < 1.29 is 9.59 Å². The number of carbonyl (C=O) groups is 2. The van der Waals surface area contributed by atoms with Crippen molar-refractivity contribution in [3.63, 3.8) is 0 Å². The van der Waals surface area contributed by atoms with E-state index in [4.69, 9.17) is 0 Å². The monoisotopic (exact) mass is 286 g/mol. The maximum absolute atomic E-state index is 12.8. The summed E-state index contributed by atoms with van der Waals surface area (Å²) in [5, 5.41) is 2.84. The number of hydrogen-bond acceptors (Lipinski definition) is 2. The maximum atomic E-state index is 12.8. The number of anilines is 1. The van der Waals surface area contributed by atoms with Crippen molar-refractivity contribution in [3.05, 3.63) is 29.3 Å². The van der Waals surface area contributed by atoms with Crippen LogP contribution in [0.2, 0.25) is 0 Å². The molecule has 0 spiro atoms. The first-order chi connectivity index (χ1) is 9.88. The summed E-state index contributed by atoms with van der Waals surface area (Å²) in [6.07, 6.45) is 3.24. The standard InChI is InChI=1S/C17H22N2O2/c1-17(2)8-4-5-13(17)15(20)11-6-7-14-12(9-11)10-19(3)16(21)18-14/h6-7,9,13H,4-5,8,10H2,1-3H3,(H,18,21). The lowest BCUT2D eigenvalue weighted by atomic mass is 9.77. The van der Waals surface area contributed by atoms with Crippen molar-refractivity contribution in [2.75, 3.05) is 12.4 Å². The molecule has 1 unspecified atom stereocenters. The molecular formula is C17H22N2O2. The number of urea groups is 1. The quantitative estimate of drug-likeness (QED) is 0.843. The molecule has 21 heavy (non-hydrogen) atoms. The van der Waals surface area contributed by atoms with Gasteiger partial charge in [-0.15, -0.1) is 0 Å². The molecule has 3 rings (SSSR count). The fourth-order valence-electron chi connectivity index (χ4n) is 3.55. The topological polar surface area (TPSA) is 49.4 Å². The zero-order valence-electron chi connectivity index (χ0n) is 12.9. The van der Waals surface area contributed by atoms with Crippen molar-refractivity contribution >= 4 is 17.5 Å². The summed E-state index contributed by atoms with van der Waals surface area (Å²) in [6, 6.07) is 5.55. The zero-order valence-corrected chi connectivity index (χ0v) is 12.9. The molecule has 1 N–H and O–H groups in total. The summed E-state index contributed by atoms with van der Waals surface area (Å²) in [5.74, 6) is 0.367. The highest BCUT2D eigenvalue weighted by molar-refractivity contribution is 6.00. The van der Waals surface area contributed by atoms with Gasteiger partial charge in [0.2, 0.25) is 0 Å². The average Bonchev–Trinajstić information content (AvgIpc) is 2.78. The predicted octanol–water partition coefficient (Wildman–Crippen LogP) is 3.67. The summed E-state index contributed by atoms with van der Waals surface area (Å²) in [4.78, 5) is 26.0. The van der Waals surface area contributed by atoms with E-state index in [1.54, 1.807) is 11.9 Å². The molecule has 4 nitrogen and oxygen atoms in total. The highest BCUT2D eigenvalue weighted by Gasteiger charge is 2.39. The maximum Gasteiger partial charge on any atom is 0.321 e. The van der Waals surface area contributed by atoms with Gasteiger partial charge in [0.1, 0.15) is 0 Å². The van der Waals surface area contributed by atoms with Gasteiger partial charge in [-0.1, -0.05) is 20.3 Å². The van der Waals surface area contributed by atoms with Gasteiger partial charge in [-0.3, -0.25) is 4.79 Å². The summed E-state index contributed by atoms with van der Waals surface area (Å²) in [6.45, 7) is 4.93. The van der Waals surface area contributed by atoms with E-state index in [1.165, 1.54) is 0 Å². The van der Waals surface area contributed by atoms with Crippen molar-refractivity contribution in [2.45, 2.75) is 39.7 Å². The van der Waals surface area contributed by atoms with E-state index >= 15 is 0 Å². The Hall–Kier alpha value is -1.84. The minimum atomic E-state index is -0.0986. The van der Waals surface area contributed by atoms with Gasteiger partial charge in [-0.05, 0) is 42.0 Å². The molecule has 1 heterocycles. The number of carbonyl (C=O) groups excluding carboxylic acids is 2. The summed E-state index contributed by atoms with van der Waals surface area (Å²) >= 11 is 0. The van der Waals surface area contributed by atoms with E-state index in [0.717, 1.165) is 36.1 Å². The van der Waals surface area contributed by atoms with E-state index < -0.39 is 0 Å². The molecule has 0 aromatic heterocycles. The summed E-state index contributed by atoms with van der Waals surface area (Å²) < 4.78 is 0. The second kappa shape index (κ2) is 4.86. The van der Waals surface area contributed by atoms with Crippen LogP contribution in [0.4, 0.5) is 10.5 Å². The highest BCUT2D eigenvalue weighted by atomic mass is 16.2. The van der Waals surface area contributed by atoms with Gasteiger partial charge in [0.25, 0.3) is 0 Å². The van der Waals surface area contributed by atoms with Gasteiger partial charge < -0.3 is 10.2 Å². The largest absolute Gasteiger partial charge is 0.323 e. The average molecular weight is 286 g/mol. The van der Waals surface area contributed by atoms with Gasteiger partial charge in [0.05, 0.1) is 0 Å². The van der Waals surface area contributed by atoms with Crippen LogP contribution in [0.25, 0.3) is 0 Å². The number of benzene rings is 1. The Morgan fingerprint density at radius 3 is 2.81 bits per heavy atom. The van der Waals surface area contributed by atoms with Gasteiger partial charge in [-0.2, -0.15) is 0 Å². The number of ketones is 1. The fourth-order valence-corrected chi connectivity index (χ4v) is 3.55. The molecule has 0 radical (unpaired) electrons. The van der Waals surface area contributed by atoms with Crippen molar-refractivity contribution in [1.82, 2.24) is 4.90 Å². The molecule has 1 saturated carbocycles. The zero-order chi connectivity index (χ0) is 15.2. The van der Waals surface area contributed by atoms with Crippen LogP contribution in [0.1, 0.15) is 49.0 Å². The molecule has 1 atom stereocenters. The van der Waals surface area contributed by atoms with Gasteiger partial charge in [-0.25, -0.2) is 4.79 Å². The van der Waals surface area contributed by atoms with E-state index in [1.807, 2.05) is 18.2 Å². The molecule has 112 valence electrons. The molecule has 0 bridgehead atoms. The third kappa shape index (κ3) is 2.43. The third-order valence-corrected chi connectivity index (χ3v) is 4.96. The second-order valence-electron chi connectivity index (χ2n) is 6.96. The second-order valence-corrected chi connectivity index (χ2v) is 6.96. The van der Waals surface area contributed by atoms with Crippen LogP contribution in [0, 0.1) is 11.3 Å². The van der Waals surface area contributed by atoms with Gasteiger partial charge in [0.15, 0.2) is 5.78 Å². The van der Waals surface area contributed by atoms with Crippen LogP contribution < -0.4 is 5.32 Å². The van der Waals surface area contributed by atoms with Crippen molar-refractivity contribution in [2.24, 2.45) is 11.3 Å². The first kappa shape index (κ1) is 14.1. The first-order valence-corrected chi connectivity index (χ1v) is 7.58. The van der Waals surface area contributed by atoms with Crippen LogP contribution in [0.5, 0.6) is 0 Å². The summed E-state index contributed by atoms with van der Waals surface area (Å²) in [5.41, 5.74) is 2.70. The predicted molar refractivity (Wildman–Crippen MR) is 82.4 cm³/mol. The number of hydrogen-bond donors (Lipinski definition) is 1. The fraction of sp³-hybridized carbons (Fsp3) is 0.529. The number of nitrogens with zero attached hydrogens (tertiary/aromatic N) is 1. The molecule has 2 aliphatic rings. The lowest BCUT2D eigenvalue weighted by molar-refractivity contribution is 0.0839. The molecule has 1 fully saturated rings. The van der Waals surface area contributed by atoms with Crippen LogP contribution in [-0.4, -0.2) is 23.8 Å². The number of fused-ring (bicyclic) bond motifs is 1. The van der Waals surface area contributed by atoms with Crippen LogP contribution >= 0.6 is 0 Å². The Morgan fingerprint density at radius 2 is 2.14 bits per heavy atom. The van der Waals surface area contributed by atoms with E-state index in [2.05, 4.69) is 19.2 Å². The minimum Gasteiger partial charge on any atom is -0.323 e. The Kier molecular flexibility index (Phi) is 3.27. The van der Waals surface area contributed by atoms with E-state index in [0.29, 0.717) is 6.54 Å². The highest BCUT2D eigenvalue weighted by Crippen LogP contribution is 2.44. The minimum absolute atomic E-state index is 0.0952. The first-order valence-electron chi connectivity index (χ1n) is 7.58. The molecule has 1 aromatic rings. The molecule has 1 aliphatic carbocycles. The Balaban J connectivity index is 1.89. The van der Waals surface area contributed by atoms with Crippen molar-refractivity contribution in [3.8, 4) is 0 Å². The molecule has 1 aliphatic heterocycles. The van der Waals surface area contributed by atoms with Gasteiger partial charge >= 0.3 is 6.03 Å². The molecule has 0 saturated heterocycles. The third-order valence-electron chi connectivity index (χ3n) is 4.96. The Bertz CT molecular complexity index is 607. The summed E-state index contributed by atoms with van der Waals surface area (Å²) in [7, 11) is 1.76. The molecule has 1 aromatic carbocycles. The lowest BCUT2D eigenvalue weighted by Gasteiger charge is -2.28. The SMILES string of the molecule is CN1Cc2cc(C(=O)C3CCCC3(C)C)ccc2NC1=O. The van der Waals surface area contributed by atoms with Crippen LogP contribution in [0.3, 0.4) is 0 Å². The van der Waals surface area contributed by atoms with E-state index in [9.17, 15) is 9.59 Å². The number of nitrogens with one attached hydrogen (secondary N) is 1. The van der Waals surface area contributed by atoms with E-state index in [-0.39, 0.29) is 23.1 Å². The van der Waals surface area contributed by atoms with Crippen LogP contribution in [-0.2, 0) is 6.54 Å². The number of rotatable bonds is 2. The van der Waals surface area contributed by atoms with Gasteiger partial charge in [0, 0.05) is 30.8 Å². The number of Topliss-reactive ketones (excluding diaryl/α,β-unsaturated/α-hetero) is 1. The molecule has 2 amide bonds.